The van der Waals surface area contributed by atoms with Crippen LogP contribution in [-0.4, -0.2) is 44.8 Å². The number of esters is 1. The Balaban J connectivity index is 4.40. The Labute approximate surface area is 76.9 Å². The van der Waals surface area contributed by atoms with Crippen LogP contribution < -0.4 is 0 Å². The average Bonchev–Trinajstić information content (AvgIpc) is 2.20. The number of hydrogen-bond donors (Lipinski definition) is 1. The van der Waals surface area contributed by atoms with E-state index in [0.717, 1.165) is 6.08 Å². The molecule has 76 valence electrons. The summed E-state index contributed by atoms with van der Waals surface area (Å²) in [6, 6.07) is 0. The summed E-state index contributed by atoms with van der Waals surface area (Å²) in [5.74, 6) is -1.80. The predicted molar refractivity (Wildman–Crippen MR) is 45.0 cm³/mol. The lowest BCUT2D eigenvalue weighted by atomic mass is 10.2. The van der Waals surface area contributed by atoms with Crippen molar-refractivity contribution >= 4 is 5.97 Å². The van der Waals surface area contributed by atoms with Crippen molar-refractivity contribution in [1.82, 2.24) is 0 Å². The van der Waals surface area contributed by atoms with Crippen LogP contribution in [0.1, 0.15) is 0 Å². The SMILES string of the molecule is COC(=O)/C=C/C(CO)(OC)OC. The van der Waals surface area contributed by atoms with Gasteiger partial charge >= 0.3 is 5.97 Å². The third kappa shape index (κ3) is 3.54. The normalized spacial score (nSPS) is 12.0. The zero-order valence-corrected chi connectivity index (χ0v) is 7.94. The molecule has 13 heavy (non-hydrogen) atoms. The maximum atomic E-state index is 10.7. The number of carbonyl (C=O) groups is 1. The zero-order chi connectivity index (χ0) is 10.3. The second-order valence-electron chi connectivity index (χ2n) is 2.23. The van der Waals surface area contributed by atoms with E-state index < -0.39 is 11.8 Å². The second kappa shape index (κ2) is 5.69. The molecule has 0 radical (unpaired) electrons. The fourth-order valence-electron chi connectivity index (χ4n) is 0.664. The van der Waals surface area contributed by atoms with E-state index in [-0.39, 0.29) is 6.61 Å². The van der Waals surface area contributed by atoms with Gasteiger partial charge in [-0.15, -0.1) is 0 Å². The van der Waals surface area contributed by atoms with Gasteiger partial charge in [0, 0.05) is 20.3 Å². The molecule has 0 aromatic carbocycles. The highest BCUT2D eigenvalue weighted by molar-refractivity contribution is 5.81. The molecule has 0 spiro atoms. The summed E-state index contributed by atoms with van der Waals surface area (Å²) in [5, 5.41) is 8.91. The largest absolute Gasteiger partial charge is 0.466 e. The Hall–Kier alpha value is -0.910. The molecule has 1 N–H and O–H groups in total. The standard InChI is InChI=1S/C8H14O5/c1-11-7(10)4-5-8(6-9,12-2)13-3/h4-5,9H,6H2,1-3H3/b5-4+. The molecular formula is C8H14O5. The van der Waals surface area contributed by atoms with Crippen molar-refractivity contribution in [1.29, 1.82) is 0 Å². The minimum atomic E-state index is -1.27. The van der Waals surface area contributed by atoms with Crippen LogP contribution in [0.25, 0.3) is 0 Å². The number of carbonyl (C=O) groups excluding carboxylic acids is 1. The van der Waals surface area contributed by atoms with Crippen molar-refractivity contribution in [3.05, 3.63) is 12.2 Å². The topological polar surface area (TPSA) is 65.0 Å². The van der Waals surface area contributed by atoms with Gasteiger partial charge in [0.2, 0.25) is 5.79 Å². The summed E-state index contributed by atoms with van der Waals surface area (Å²) in [7, 11) is 3.98. The molecule has 0 unspecified atom stereocenters. The highest BCUT2D eigenvalue weighted by Crippen LogP contribution is 2.11. The minimum Gasteiger partial charge on any atom is -0.466 e. The van der Waals surface area contributed by atoms with E-state index in [2.05, 4.69) is 4.74 Å². The molecule has 0 heterocycles. The monoisotopic (exact) mass is 190 g/mol. The fraction of sp³-hybridized carbons (Fsp3) is 0.625. The Morgan fingerprint density at radius 1 is 1.38 bits per heavy atom. The Morgan fingerprint density at radius 3 is 2.23 bits per heavy atom. The number of aliphatic hydroxyl groups is 1. The van der Waals surface area contributed by atoms with Crippen LogP contribution in [0.15, 0.2) is 12.2 Å². The summed E-state index contributed by atoms with van der Waals surface area (Å²) >= 11 is 0. The van der Waals surface area contributed by atoms with Crippen molar-refractivity contribution < 1.29 is 24.1 Å². The maximum Gasteiger partial charge on any atom is 0.330 e. The first-order chi connectivity index (χ1) is 6.14. The van der Waals surface area contributed by atoms with Crippen LogP contribution in [0.4, 0.5) is 0 Å². The first-order valence-electron chi connectivity index (χ1n) is 3.62. The van der Waals surface area contributed by atoms with E-state index in [0.29, 0.717) is 0 Å². The zero-order valence-electron chi connectivity index (χ0n) is 7.94. The molecule has 0 aromatic rings. The van der Waals surface area contributed by atoms with Gasteiger partial charge in [-0.3, -0.25) is 0 Å². The number of methoxy groups -OCH3 is 3. The van der Waals surface area contributed by atoms with Gasteiger partial charge in [0.25, 0.3) is 0 Å². The van der Waals surface area contributed by atoms with E-state index in [1.807, 2.05) is 0 Å². The fourth-order valence-corrected chi connectivity index (χ4v) is 0.664. The first-order valence-corrected chi connectivity index (χ1v) is 3.62. The molecule has 0 rings (SSSR count). The van der Waals surface area contributed by atoms with Crippen LogP contribution >= 0.6 is 0 Å². The minimum absolute atomic E-state index is 0.381. The molecule has 0 aromatic heterocycles. The van der Waals surface area contributed by atoms with Gasteiger partial charge in [0.15, 0.2) is 0 Å². The Morgan fingerprint density at radius 2 is 1.92 bits per heavy atom. The summed E-state index contributed by atoms with van der Waals surface area (Å²) in [4.78, 5) is 10.7. The van der Waals surface area contributed by atoms with Crippen LogP contribution in [0, 0.1) is 0 Å². The molecule has 0 atom stereocenters. The molecule has 0 aliphatic rings. The number of rotatable bonds is 5. The summed E-state index contributed by atoms with van der Waals surface area (Å²) in [6.45, 7) is -0.381. The lowest BCUT2D eigenvalue weighted by molar-refractivity contribution is -0.192. The molecule has 0 amide bonds. The summed E-state index contributed by atoms with van der Waals surface area (Å²) in [5.41, 5.74) is 0. The van der Waals surface area contributed by atoms with Gasteiger partial charge in [0.1, 0.15) is 6.61 Å². The Bertz CT molecular complexity index is 175. The third-order valence-electron chi connectivity index (χ3n) is 1.59. The molecule has 5 heteroatoms. The molecule has 0 aliphatic heterocycles. The van der Waals surface area contributed by atoms with Gasteiger partial charge in [0.05, 0.1) is 7.11 Å². The van der Waals surface area contributed by atoms with Crippen LogP contribution in [0.5, 0.6) is 0 Å². The van der Waals surface area contributed by atoms with Crippen LogP contribution in [-0.2, 0) is 19.0 Å². The van der Waals surface area contributed by atoms with Crippen molar-refractivity contribution in [2.75, 3.05) is 27.9 Å². The lowest BCUT2D eigenvalue weighted by Crippen LogP contribution is -2.35. The van der Waals surface area contributed by atoms with E-state index in [4.69, 9.17) is 14.6 Å². The Kier molecular flexibility index (Phi) is 5.29. The summed E-state index contributed by atoms with van der Waals surface area (Å²) in [6.07, 6.45) is 2.42. The van der Waals surface area contributed by atoms with Crippen LogP contribution in [0.3, 0.4) is 0 Å². The van der Waals surface area contributed by atoms with Crippen LogP contribution in [0.2, 0.25) is 0 Å². The molecule has 0 saturated carbocycles. The molecule has 5 nitrogen and oxygen atoms in total. The highest BCUT2D eigenvalue weighted by Gasteiger charge is 2.25. The van der Waals surface area contributed by atoms with Gasteiger partial charge in [-0.1, -0.05) is 0 Å². The molecular weight excluding hydrogens is 176 g/mol. The molecule has 0 aliphatic carbocycles. The van der Waals surface area contributed by atoms with E-state index in [1.54, 1.807) is 0 Å². The molecule has 0 fully saturated rings. The van der Waals surface area contributed by atoms with Crippen molar-refractivity contribution in [3.8, 4) is 0 Å². The maximum absolute atomic E-state index is 10.7. The third-order valence-corrected chi connectivity index (χ3v) is 1.59. The quantitative estimate of drug-likeness (QED) is 0.366. The van der Waals surface area contributed by atoms with E-state index in [9.17, 15) is 4.79 Å². The number of hydrogen-bond acceptors (Lipinski definition) is 5. The van der Waals surface area contributed by atoms with Gasteiger partial charge < -0.3 is 19.3 Å². The predicted octanol–water partition coefficient (Wildman–Crippen LogP) is -0.303. The van der Waals surface area contributed by atoms with E-state index >= 15 is 0 Å². The number of aliphatic hydroxyl groups excluding tert-OH is 1. The lowest BCUT2D eigenvalue weighted by Gasteiger charge is -2.24. The van der Waals surface area contributed by atoms with Gasteiger partial charge in [-0.05, 0) is 6.08 Å². The second-order valence-corrected chi connectivity index (χ2v) is 2.23. The average molecular weight is 190 g/mol. The van der Waals surface area contributed by atoms with Crippen molar-refractivity contribution in [2.45, 2.75) is 5.79 Å². The first kappa shape index (κ1) is 12.1. The van der Waals surface area contributed by atoms with Gasteiger partial charge in [-0.25, -0.2) is 4.79 Å². The van der Waals surface area contributed by atoms with E-state index in [1.165, 1.54) is 27.4 Å². The molecule has 0 bridgehead atoms. The van der Waals surface area contributed by atoms with Crippen molar-refractivity contribution in [3.63, 3.8) is 0 Å². The number of ether oxygens (including phenoxy) is 3. The molecule has 0 saturated heterocycles. The van der Waals surface area contributed by atoms with Gasteiger partial charge in [-0.2, -0.15) is 0 Å². The summed E-state index contributed by atoms with van der Waals surface area (Å²) < 4.78 is 14.1. The highest BCUT2D eigenvalue weighted by atomic mass is 16.7. The smallest absolute Gasteiger partial charge is 0.330 e. The van der Waals surface area contributed by atoms with Crippen molar-refractivity contribution in [2.24, 2.45) is 0 Å².